The first kappa shape index (κ1) is 12.4. The van der Waals surface area contributed by atoms with Gasteiger partial charge in [0.2, 0.25) is 0 Å². The van der Waals surface area contributed by atoms with Crippen molar-refractivity contribution in [2.75, 3.05) is 6.54 Å². The Bertz CT molecular complexity index is 548. The molecular formula is C16H21N3. The maximum atomic E-state index is 4.67. The molecule has 3 nitrogen and oxygen atoms in total. The maximum Gasteiger partial charge on any atom is 0.0800 e. The van der Waals surface area contributed by atoms with Crippen LogP contribution in [0.1, 0.15) is 37.1 Å². The van der Waals surface area contributed by atoms with Crippen molar-refractivity contribution in [3.8, 4) is 11.3 Å². The molecule has 2 aromatic rings. The Kier molecular flexibility index (Phi) is 3.38. The van der Waals surface area contributed by atoms with E-state index in [1.165, 1.54) is 35.4 Å². The van der Waals surface area contributed by atoms with Crippen LogP contribution in [0.3, 0.4) is 0 Å². The first-order chi connectivity index (χ1) is 9.28. The lowest BCUT2D eigenvalue weighted by Gasteiger charge is -2.04. The van der Waals surface area contributed by atoms with E-state index in [0.29, 0.717) is 6.04 Å². The van der Waals surface area contributed by atoms with Gasteiger partial charge in [0.05, 0.1) is 17.4 Å². The molecule has 1 atom stereocenters. The Morgan fingerprint density at radius 2 is 2.11 bits per heavy atom. The summed E-state index contributed by atoms with van der Waals surface area (Å²) in [7, 11) is 2.03. The second-order valence-corrected chi connectivity index (χ2v) is 5.28. The van der Waals surface area contributed by atoms with Crippen molar-refractivity contribution in [3.05, 3.63) is 41.6 Å². The zero-order valence-corrected chi connectivity index (χ0v) is 11.7. The van der Waals surface area contributed by atoms with Gasteiger partial charge in [-0.25, -0.2) is 0 Å². The quantitative estimate of drug-likeness (QED) is 0.913. The Balaban J connectivity index is 1.90. The molecule has 1 aromatic heterocycles. The molecular weight excluding hydrogens is 234 g/mol. The number of nitrogens with one attached hydrogen (secondary N) is 1. The van der Waals surface area contributed by atoms with Gasteiger partial charge in [0.1, 0.15) is 0 Å². The molecule has 3 rings (SSSR count). The highest BCUT2D eigenvalue weighted by molar-refractivity contribution is 5.60. The predicted molar refractivity (Wildman–Crippen MR) is 78.0 cm³/mol. The molecule has 0 spiro atoms. The summed E-state index contributed by atoms with van der Waals surface area (Å²) in [5.74, 6) is 0. The van der Waals surface area contributed by atoms with Crippen molar-refractivity contribution in [2.45, 2.75) is 32.2 Å². The largest absolute Gasteiger partial charge is 0.309 e. The van der Waals surface area contributed by atoms with Crippen LogP contribution < -0.4 is 5.32 Å². The number of hydrogen-bond donors (Lipinski definition) is 1. The molecule has 0 aliphatic carbocycles. The van der Waals surface area contributed by atoms with Gasteiger partial charge in [0, 0.05) is 7.05 Å². The fraction of sp³-hybridized carbons (Fsp3) is 0.438. The molecule has 1 unspecified atom stereocenters. The minimum atomic E-state index is 0.440. The van der Waals surface area contributed by atoms with Crippen LogP contribution in [0.25, 0.3) is 11.3 Å². The minimum Gasteiger partial charge on any atom is -0.309 e. The van der Waals surface area contributed by atoms with Crippen molar-refractivity contribution < 1.29 is 0 Å². The van der Waals surface area contributed by atoms with E-state index in [1.807, 2.05) is 11.7 Å². The smallest absolute Gasteiger partial charge is 0.0800 e. The summed E-state index contributed by atoms with van der Waals surface area (Å²) < 4.78 is 2.00. The van der Waals surface area contributed by atoms with Crippen LogP contribution in [0, 0.1) is 0 Å². The Morgan fingerprint density at radius 1 is 1.32 bits per heavy atom. The maximum absolute atomic E-state index is 4.67. The minimum absolute atomic E-state index is 0.440. The van der Waals surface area contributed by atoms with Crippen LogP contribution in [0.2, 0.25) is 0 Å². The number of hydrogen-bond acceptors (Lipinski definition) is 2. The molecule has 2 heterocycles. The molecule has 100 valence electrons. The first-order valence-corrected chi connectivity index (χ1v) is 7.14. The lowest BCUT2D eigenvalue weighted by atomic mass is 10.1. The number of aromatic nitrogens is 2. The van der Waals surface area contributed by atoms with Gasteiger partial charge in [-0.1, -0.05) is 31.2 Å². The van der Waals surface area contributed by atoms with Crippen molar-refractivity contribution in [1.82, 2.24) is 15.1 Å². The van der Waals surface area contributed by atoms with Gasteiger partial charge in [-0.2, -0.15) is 5.10 Å². The van der Waals surface area contributed by atoms with Gasteiger partial charge >= 0.3 is 0 Å². The van der Waals surface area contributed by atoms with Gasteiger partial charge in [-0.05, 0) is 43.0 Å². The Hall–Kier alpha value is -1.61. The van der Waals surface area contributed by atoms with E-state index >= 15 is 0 Å². The monoisotopic (exact) mass is 255 g/mol. The molecule has 1 N–H and O–H groups in total. The second kappa shape index (κ2) is 5.17. The highest BCUT2D eigenvalue weighted by Gasteiger charge is 2.20. The van der Waals surface area contributed by atoms with Crippen molar-refractivity contribution in [3.63, 3.8) is 0 Å². The normalized spacial score (nSPS) is 18.9. The average molecular weight is 255 g/mol. The lowest BCUT2D eigenvalue weighted by Crippen LogP contribution is -2.13. The summed E-state index contributed by atoms with van der Waals surface area (Å²) in [6.07, 6.45) is 3.54. The van der Waals surface area contributed by atoms with Crippen molar-refractivity contribution >= 4 is 0 Å². The third-order valence-electron chi connectivity index (χ3n) is 3.97. The molecule has 1 fully saturated rings. The van der Waals surface area contributed by atoms with Crippen molar-refractivity contribution in [1.29, 1.82) is 0 Å². The Labute approximate surface area is 114 Å². The van der Waals surface area contributed by atoms with E-state index in [0.717, 1.165) is 13.0 Å². The topological polar surface area (TPSA) is 29.9 Å². The van der Waals surface area contributed by atoms with E-state index < -0.39 is 0 Å². The molecule has 1 aliphatic heterocycles. The van der Waals surface area contributed by atoms with Crippen LogP contribution in [-0.4, -0.2) is 16.3 Å². The van der Waals surface area contributed by atoms with Gasteiger partial charge in [0.25, 0.3) is 0 Å². The van der Waals surface area contributed by atoms with Gasteiger partial charge < -0.3 is 5.32 Å². The molecule has 0 amide bonds. The molecule has 0 radical (unpaired) electrons. The molecule has 1 aromatic carbocycles. The number of aryl methyl sites for hydroxylation is 2. The van der Waals surface area contributed by atoms with Crippen LogP contribution in [0.15, 0.2) is 30.3 Å². The fourth-order valence-corrected chi connectivity index (χ4v) is 2.78. The summed E-state index contributed by atoms with van der Waals surface area (Å²) in [4.78, 5) is 0. The van der Waals surface area contributed by atoms with Crippen LogP contribution in [0.4, 0.5) is 0 Å². The average Bonchev–Trinajstić information content (AvgIpc) is 3.08. The van der Waals surface area contributed by atoms with Gasteiger partial charge in [-0.3, -0.25) is 4.68 Å². The summed E-state index contributed by atoms with van der Waals surface area (Å²) in [6.45, 7) is 3.30. The SMILES string of the molecule is CCc1ccc(-c2cc(C3CCCN3)nn2C)cc1. The van der Waals surface area contributed by atoms with Crippen LogP contribution >= 0.6 is 0 Å². The number of rotatable bonds is 3. The van der Waals surface area contributed by atoms with Crippen LogP contribution in [0.5, 0.6) is 0 Å². The lowest BCUT2D eigenvalue weighted by molar-refractivity contribution is 0.607. The fourth-order valence-electron chi connectivity index (χ4n) is 2.78. The van der Waals surface area contributed by atoms with E-state index in [2.05, 4.69) is 47.7 Å². The third-order valence-corrected chi connectivity index (χ3v) is 3.97. The zero-order valence-electron chi connectivity index (χ0n) is 11.7. The molecule has 1 saturated heterocycles. The van der Waals surface area contributed by atoms with E-state index in [4.69, 9.17) is 0 Å². The van der Waals surface area contributed by atoms with Gasteiger partial charge in [-0.15, -0.1) is 0 Å². The van der Waals surface area contributed by atoms with Crippen LogP contribution in [-0.2, 0) is 13.5 Å². The predicted octanol–water partition coefficient (Wildman–Crippen LogP) is 3.07. The standard InChI is InChI=1S/C16H21N3/c1-3-12-6-8-13(9-7-12)16-11-15(18-19(16)2)14-5-4-10-17-14/h6-9,11,14,17H,3-5,10H2,1-2H3. The second-order valence-electron chi connectivity index (χ2n) is 5.28. The summed E-state index contributed by atoms with van der Waals surface area (Å²) >= 11 is 0. The molecule has 0 saturated carbocycles. The van der Waals surface area contributed by atoms with E-state index in [1.54, 1.807) is 0 Å². The number of nitrogens with zero attached hydrogens (tertiary/aromatic N) is 2. The zero-order chi connectivity index (χ0) is 13.2. The first-order valence-electron chi connectivity index (χ1n) is 7.14. The summed E-state index contributed by atoms with van der Waals surface area (Å²) in [5.41, 5.74) is 5.00. The summed E-state index contributed by atoms with van der Waals surface area (Å²) in [6, 6.07) is 11.5. The molecule has 3 heteroatoms. The number of benzene rings is 1. The van der Waals surface area contributed by atoms with E-state index in [9.17, 15) is 0 Å². The molecule has 0 bridgehead atoms. The molecule has 1 aliphatic rings. The molecule has 19 heavy (non-hydrogen) atoms. The van der Waals surface area contributed by atoms with Crippen molar-refractivity contribution in [2.24, 2.45) is 7.05 Å². The summed E-state index contributed by atoms with van der Waals surface area (Å²) in [5, 5.41) is 8.17. The van der Waals surface area contributed by atoms with Gasteiger partial charge in [0.15, 0.2) is 0 Å². The third kappa shape index (κ3) is 2.43. The van der Waals surface area contributed by atoms with E-state index in [-0.39, 0.29) is 0 Å². The highest BCUT2D eigenvalue weighted by atomic mass is 15.3. The highest BCUT2D eigenvalue weighted by Crippen LogP contribution is 2.27. The Morgan fingerprint density at radius 3 is 2.74 bits per heavy atom.